The van der Waals surface area contributed by atoms with Gasteiger partial charge in [-0.3, -0.25) is 9.88 Å². The van der Waals surface area contributed by atoms with E-state index in [2.05, 4.69) is 57.6 Å². The highest BCUT2D eigenvalue weighted by Crippen LogP contribution is 2.33. The Morgan fingerprint density at radius 2 is 2.00 bits per heavy atom. The van der Waals surface area contributed by atoms with Gasteiger partial charge in [-0.1, -0.05) is 36.4 Å². The normalized spacial score (nSPS) is 21.6. The number of pyridine rings is 1. The van der Waals surface area contributed by atoms with E-state index in [4.69, 9.17) is 10.7 Å². The Hall–Kier alpha value is -1.79. The Bertz CT molecular complexity index is 796. The van der Waals surface area contributed by atoms with Crippen molar-refractivity contribution in [1.82, 2.24) is 20.1 Å². The molecule has 0 saturated carbocycles. The molecule has 1 aromatic heterocycles. The molecule has 5 nitrogen and oxygen atoms in total. The van der Waals surface area contributed by atoms with Crippen LogP contribution in [0.5, 0.6) is 0 Å². The molecule has 0 spiro atoms. The molecule has 2 aliphatic rings. The summed E-state index contributed by atoms with van der Waals surface area (Å²) < 4.78 is 0. The topological polar surface area (TPSA) is 57.4 Å². The van der Waals surface area contributed by atoms with Crippen molar-refractivity contribution in [3.63, 3.8) is 0 Å². The third kappa shape index (κ3) is 6.61. The van der Waals surface area contributed by atoms with Gasteiger partial charge in [0, 0.05) is 38.4 Å². The van der Waals surface area contributed by atoms with Crippen LogP contribution in [0, 0.1) is 0 Å². The molecule has 3 N–H and O–H groups in total. The summed E-state index contributed by atoms with van der Waals surface area (Å²) in [5.41, 5.74) is 10.0. The molecule has 0 amide bonds. The Morgan fingerprint density at radius 3 is 2.88 bits per heavy atom. The maximum absolute atomic E-state index is 5.81. The molecule has 0 radical (unpaired) electrons. The molecule has 1 fully saturated rings. The lowest BCUT2D eigenvalue weighted by molar-refractivity contribution is 0.118. The molecule has 32 heavy (non-hydrogen) atoms. The van der Waals surface area contributed by atoms with Crippen LogP contribution in [0.4, 0.5) is 0 Å². The zero-order chi connectivity index (χ0) is 22.0. The number of benzene rings is 1. The lowest BCUT2D eigenvalue weighted by atomic mass is 9.90. The highest BCUT2D eigenvalue weighted by Gasteiger charge is 2.30. The minimum Gasteiger partial charge on any atom is -0.330 e. The third-order valence-electron chi connectivity index (χ3n) is 7.08. The van der Waals surface area contributed by atoms with Crippen LogP contribution in [0.25, 0.3) is 0 Å². The third-order valence-corrected chi connectivity index (χ3v) is 7.08. The van der Waals surface area contributed by atoms with Crippen LogP contribution >= 0.6 is 0 Å². The van der Waals surface area contributed by atoms with Crippen molar-refractivity contribution in [2.24, 2.45) is 5.73 Å². The van der Waals surface area contributed by atoms with Crippen molar-refractivity contribution in [1.29, 1.82) is 0 Å². The zero-order valence-corrected chi connectivity index (χ0v) is 19.6. The second-order valence-corrected chi connectivity index (χ2v) is 9.49. The maximum atomic E-state index is 5.81. The van der Waals surface area contributed by atoms with Crippen molar-refractivity contribution >= 4 is 0 Å². The Labute approximate surface area is 194 Å². The molecular formula is C27H41N5. The van der Waals surface area contributed by atoms with Gasteiger partial charge in [0.05, 0.1) is 11.7 Å². The highest BCUT2D eigenvalue weighted by atomic mass is 15.2. The van der Waals surface area contributed by atoms with Gasteiger partial charge in [0.2, 0.25) is 0 Å². The van der Waals surface area contributed by atoms with Gasteiger partial charge in [-0.05, 0) is 81.8 Å². The number of aryl methyl sites for hydroxylation is 2. The minimum atomic E-state index is 0.452. The Balaban J connectivity index is 1.34. The predicted octanol–water partition coefficient (Wildman–Crippen LogP) is 3.41. The molecule has 1 aliphatic carbocycles. The first-order valence-corrected chi connectivity index (χ1v) is 12.7. The molecule has 0 unspecified atom stereocenters. The van der Waals surface area contributed by atoms with Crippen LogP contribution in [0.1, 0.15) is 55.0 Å². The monoisotopic (exact) mass is 435 g/mol. The smallest absolute Gasteiger partial charge is 0.0607 e. The van der Waals surface area contributed by atoms with Crippen LogP contribution in [0.15, 0.2) is 48.7 Å². The van der Waals surface area contributed by atoms with E-state index in [1.165, 1.54) is 61.9 Å². The number of nitrogens with one attached hydrogen (secondary N) is 1. The van der Waals surface area contributed by atoms with Crippen molar-refractivity contribution < 1.29 is 0 Å². The van der Waals surface area contributed by atoms with Gasteiger partial charge in [-0.2, -0.15) is 0 Å². The first kappa shape index (κ1) is 23.4. The van der Waals surface area contributed by atoms with Gasteiger partial charge in [-0.15, -0.1) is 0 Å². The van der Waals surface area contributed by atoms with Crippen LogP contribution in [0.3, 0.4) is 0 Å². The van der Waals surface area contributed by atoms with E-state index < -0.39 is 0 Å². The van der Waals surface area contributed by atoms with Crippen LogP contribution in [-0.4, -0.2) is 66.6 Å². The lowest BCUT2D eigenvalue weighted by Gasteiger charge is -2.40. The summed E-state index contributed by atoms with van der Waals surface area (Å²) in [7, 11) is 0. The number of piperazine rings is 1. The molecule has 174 valence electrons. The molecule has 5 heteroatoms. The SMILES string of the molecule is NCCCCN(C[C@H]1CN(CCCc2ccccc2)CCN1)[C@H]1CCCc2cccnc21. The number of nitrogens with zero attached hydrogens (tertiary/aromatic N) is 3. The average Bonchev–Trinajstić information content (AvgIpc) is 2.84. The standard InChI is InChI=1S/C27H41N5/c28-15-4-5-19-32(26-14-6-12-24-13-7-16-30-27(24)26)22-25-21-31(20-17-29-25)18-8-11-23-9-2-1-3-10-23/h1-3,7,9-10,13,16,25-26,29H,4-6,8,11-12,14-15,17-22,28H2/t25-,26+/m1/s1. The number of hydrogen-bond donors (Lipinski definition) is 2. The Kier molecular flexibility index (Phi) is 9.09. The van der Waals surface area contributed by atoms with Crippen LogP contribution < -0.4 is 11.1 Å². The van der Waals surface area contributed by atoms with E-state index in [-0.39, 0.29) is 0 Å². The zero-order valence-electron chi connectivity index (χ0n) is 19.6. The van der Waals surface area contributed by atoms with E-state index in [1.54, 1.807) is 0 Å². The molecule has 2 heterocycles. The quantitative estimate of drug-likeness (QED) is 0.530. The van der Waals surface area contributed by atoms with Gasteiger partial charge in [0.25, 0.3) is 0 Å². The molecule has 2 aromatic rings. The van der Waals surface area contributed by atoms with Crippen molar-refractivity contribution in [2.75, 3.05) is 45.8 Å². The molecule has 4 rings (SSSR count). The molecular weight excluding hydrogens is 394 g/mol. The van der Waals surface area contributed by atoms with Crippen LogP contribution in [-0.2, 0) is 12.8 Å². The Morgan fingerprint density at radius 1 is 1.09 bits per heavy atom. The second kappa shape index (κ2) is 12.4. The molecule has 0 bridgehead atoms. The van der Waals surface area contributed by atoms with Gasteiger partial charge in [0.1, 0.15) is 0 Å². The summed E-state index contributed by atoms with van der Waals surface area (Å²) in [6, 6.07) is 16.2. The summed E-state index contributed by atoms with van der Waals surface area (Å²) in [5, 5.41) is 3.81. The number of nitrogens with two attached hydrogens (primary N) is 1. The van der Waals surface area contributed by atoms with Gasteiger partial charge >= 0.3 is 0 Å². The minimum absolute atomic E-state index is 0.452. The van der Waals surface area contributed by atoms with Crippen molar-refractivity contribution in [3.8, 4) is 0 Å². The first-order chi connectivity index (χ1) is 15.8. The highest BCUT2D eigenvalue weighted by molar-refractivity contribution is 5.25. The fraction of sp³-hybridized carbons (Fsp3) is 0.593. The van der Waals surface area contributed by atoms with E-state index in [9.17, 15) is 0 Å². The number of rotatable bonds is 11. The molecule has 1 saturated heterocycles. The summed E-state index contributed by atoms with van der Waals surface area (Å²) in [4.78, 5) is 10.2. The van der Waals surface area contributed by atoms with E-state index in [1.807, 2.05) is 6.20 Å². The number of hydrogen-bond acceptors (Lipinski definition) is 5. The van der Waals surface area contributed by atoms with Crippen molar-refractivity contribution in [2.45, 2.75) is 57.0 Å². The summed E-state index contributed by atoms with van der Waals surface area (Å²) in [5.74, 6) is 0. The second-order valence-electron chi connectivity index (χ2n) is 9.49. The van der Waals surface area contributed by atoms with E-state index in [0.29, 0.717) is 12.1 Å². The fourth-order valence-corrected chi connectivity index (χ4v) is 5.43. The van der Waals surface area contributed by atoms with Crippen LogP contribution in [0.2, 0.25) is 0 Å². The fourth-order valence-electron chi connectivity index (χ4n) is 5.43. The summed E-state index contributed by atoms with van der Waals surface area (Å²) in [6.07, 6.45) is 10.3. The predicted molar refractivity (Wildman–Crippen MR) is 133 cm³/mol. The van der Waals surface area contributed by atoms with Crippen molar-refractivity contribution in [3.05, 3.63) is 65.5 Å². The first-order valence-electron chi connectivity index (χ1n) is 12.7. The molecule has 1 aliphatic heterocycles. The number of unbranched alkanes of at least 4 members (excludes halogenated alkanes) is 1. The van der Waals surface area contributed by atoms with E-state index in [0.717, 1.165) is 45.7 Å². The summed E-state index contributed by atoms with van der Waals surface area (Å²) in [6.45, 7) is 7.57. The largest absolute Gasteiger partial charge is 0.330 e. The lowest BCUT2D eigenvalue weighted by Crippen LogP contribution is -2.55. The van der Waals surface area contributed by atoms with E-state index >= 15 is 0 Å². The van der Waals surface area contributed by atoms with Gasteiger partial charge in [0.15, 0.2) is 0 Å². The molecule has 1 aromatic carbocycles. The number of fused-ring (bicyclic) bond motifs is 1. The maximum Gasteiger partial charge on any atom is 0.0607 e. The summed E-state index contributed by atoms with van der Waals surface area (Å²) >= 11 is 0. The number of aromatic nitrogens is 1. The molecule has 2 atom stereocenters. The van der Waals surface area contributed by atoms with Gasteiger partial charge in [-0.25, -0.2) is 0 Å². The van der Waals surface area contributed by atoms with Gasteiger partial charge < -0.3 is 16.0 Å². The average molecular weight is 436 g/mol.